The predicted octanol–water partition coefficient (Wildman–Crippen LogP) is 2.00. The second-order valence-electron chi connectivity index (χ2n) is 7.33. The number of nitrogens with one attached hydrogen (secondary N) is 1. The number of nitrogens with zero attached hydrogens (tertiary/aromatic N) is 5. The molecule has 0 radical (unpaired) electrons. The van der Waals surface area contributed by atoms with E-state index in [0.717, 1.165) is 56.9 Å². The number of phenols is 1. The molecule has 0 fully saturated rings. The second kappa shape index (κ2) is 7.94. The monoisotopic (exact) mass is 366 g/mol. The van der Waals surface area contributed by atoms with Crippen LogP contribution >= 0.6 is 0 Å². The van der Waals surface area contributed by atoms with E-state index in [1.165, 1.54) is 11.3 Å². The number of hydrogen-bond donors (Lipinski definition) is 2. The summed E-state index contributed by atoms with van der Waals surface area (Å²) in [6, 6.07) is 9.74. The lowest BCUT2D eigenvalue weighted by Gasteiger charge is -2.27. The van der Waals surface area contributed by atoms with E-state index in [9.17, 15) is 5.11 Å². The number of benzene rings is 1. The molecule has 27 heavy (non-hydrogen) atoms. The van der Waals surface area contributed by atoms with Gasteiger partial charge in [0.2, 0.25) is 0 Å². The third-order valence-electron chi connectivity index (χ3n) is 5.01. The Morgan fingerprint density at radius 3 is 2.96 bits per heavy atom. The number of H-pyrrole nitrogens is 1. The van der Waals surface area contributed by atoms with Gasteiger partial charge in [0.25, 0.3) is 0 Å². The minimum absolute atomic E-state index is 0.329. The van der Waals surface area contributed by atoms with Crippen molar-refractivity contribution in [1.29, 1.82) is 0 Å². The van der Waals surface area contributed by atoms with Crippen LogP contribution in [0.25, 0.3) is 0 Å². The van der Waals surface area contributed by atoms with Crippen molar-refractivity contribution < 1.29 is 5.11 Å². The maximum absolute atomic E-state index is 9.65. The molecule has 0 aliphatic carbocycles. The zero-order valence-corrected chi connectivity index (χ0v) is 15.7. The summed E-state index contributed by atoms with van der Waals surface area (Å²) >= 11 is 0. The van der Waals surface area contributed by atoms with Crippen molar-refractivity contribution in [2.75, 3.05) is 20.1 Å². The van der Waals surface area contributed by atoms with Crippen molar-refractivity contribution in [3.05, 3.63) is 65.2 Å². The molecule has 0 spiro atoms. The van der Waals surface area contributed by atoms with Crippen LogP contribution in [0.3, 0.4) is 0 Å². The number of fused-ring (bicyclic) bond motifs is 1. The Morgan fingerprint density at radius 2 is 2.15 bits per heavy atom. The van der Waals surface area contributed by atoms with Gasteiger partial charge in [0.15, 0.2) is 0 Å². The first-order chi connectivity index (χ1) is 13.2. The number of aromatic nitrogens is 4. The molecule has 142 valence electrons. The van der Waals surface area contributed by atoms with Crippen LogP contribution in [0.2, 0.25) is 0 Å². The minimum Gasteiger partial charge on any atom is -0.508 e. The highest BCUT2D eigenvalue weighted by Gasteiger charge is 2.19. The highest BCUT2D eigenvalue weighted by Crippen LogP contribution is 2.19. The summed E-state index contributed by atoms with van der Waals surface area (Å²) in [7, 11) is 2.13. The summed E-state index contributed by atoms with van der Waals surface area (Å²) in [5.74, 6) is 0.329. The van der Waals surface area contributed by atoms with Gasteiger partial charge in [-0.05, 0) is 42.8 Å². The van der Waals surface area contributed by atoms with Crippen molar-refractivity contribution in [1.82, 2.24) is 29.8 Å². The minimum atomic E-state index is 0.329. The molecule has 4 rings (SSSR count). The molecule has 0 amide bonds. The fraction of sp³-hybridized carbons (Fsp3) is 0.400. The van der Waals surface area contributed by atoms with E-state index in [4.69, 9.17) is 5.10 Å². The molecule has 1 aliphatic rings. The molecule has 1 aliphatic heterocycles. The maximum atomic E-state index is 9.65. The Hall–Kier alpha value is -2.64. The van der Waals surface area contributed by atoms with E-state index in [1.54, 1.807) is 6.07 Å². The lowest BCUT2D eigenvalue weighted by atomic mass is 10.2. The number of hydrogen-bond acceptors (Lipinski definition) is 5. The van der Waals surface area contributed by atoms with Crippen molar-refractivity contribution in [3.63, 3.8) is 0 Å². The Kier molecular flexibility index (Phi) is 5.22. The normalized spacial score (nSPS) is 14.6. The van der Waals surface area contributed by atoms with Gasteiger partial charge in [-0.2, -0.15) is 10.2 Å². The van der Waals surface area contributed by atoms with Crippen LogP contribution in [-0.2, 0) is 32.6 Å². The van der Waals surface area contributed by atoms with Gasteiger partial charge in [-0.1, -0.05) is 12.1 Å². The summed E-state index contributed by atoms with van der Waals surface area (Å²) in [6.45, 7) is 5.45. The second-order valence-corrected chi connectivity index (χ2v) is 7.33. The molecule has 7 heteroatoms. The Balaban J connectivity index is 1.32. The van der Waals surface area contributed by atoms with E-state index >= 15 is 0 Å². The molecule has 0 saturated heterocycles. The molecule has 1 aromatic carbocycles. The van der Waals surface area contributed by atoms with Crippen molar-refractivity contribution >= 4 is 0 Å². The topological polar surface area (TPSA) is 73.2 Å². The van der Waals surface area contributed by atoms with Crippen molar-refractivity contribution in [2.24, 2.45) is 0 Å². The van der Waals surface area contributed by atoms with E-state index in [0.29, 0.717) is 5.75 Å². The van der Waals surface area contributed by atoms with Crippen LogP contribution in [0.1, 0.15) is 22.5 Å². The first-order valence-corrected chi connectivity index (χ1v) is 9.38. The third kappa shape index (κ3) is 4.56. The van der Waals surface area contributed by atoms with Gasteiger partial charge in [0.1, 0.15) is 5.75 Å². The molecule has 3 heterocycles. The largest absolute Gasteiger partial charge is 0.508 e. The van der Waals surface area contributed by atoms with Gasteiger partial charge in [0, 0.05) is 38.9 Å². The lowest BCUT2D eigenvalue weighted by Crippen LogP contribution is -2.33. The predicted molar refractivity (Wildman–Crippen MR) is 103 cm³/mol. The zero-order chi connectivity index (χ0) is 18.6. The van der Waals surface area contributed by atoms with E-state index < -0.39 is 0 Å². The molecule has 2 aromatic heterocycles. The summed E-state index contributed by atoms with van der Waals surface area (Å²) in [4.78, 5) is 4.70. The molecule has 0 unspecified atom stereocenters. The fourth-order valence-corrected chi connectivity index (χ4v) is 3.60. The van der Waals surface area contributed by atoms with Crippen LogP contribution < -0.4 is 0 Å². The van der Waals surface area contributed by atoms with Crippen LogP contribution in [0.5, 0.6) is 5.75 Å². The molecule has 3 aromatic rings. The number of likely N-dealkylation sites (N-methyl/N-ethyl adjacent to an activating group) is 1. The van der Waals surface area contributed by atoms with Crippen LogP contribution in [0.15, 0.2) is 42.7 Å². The van der Waals surface area contributed by atoms with Crippen molar-refractivity contribution in [3.8, 4) is 5.75 Å². The Morgan fingerprint density at radius 1 is 1.22 bits per heavy atom. The Bertz CT molecular complexity index is 872. The first kappa shape index (κ1) is 17.8. The van der Waals surface area contributed by atoms with Gasteiger partial charge < -0.3 is 10.0 Å². The maximum Gasteiger partial charge on any atom is 0.115 e. The Labute approximate surface area is 159 Å². The first-order valence-electron chi connectivity index (χ1n) is 9.38. The van der Waals surface area contributed by atoms with Gasteiger partial charge in [-0.15, -0.1) is 0 Å². The van der Waals surface area contributed by atoms with Crippen LogP contribution in [0.4, 0.5) is 0 Å². The van der Waals surface area contributed by atoms with E-state index in [2.05, 4.69) is 43.9 Å². The lowest BCUT2D eigenvalue weighted by molar-refractivity contribution is 0.204. The SMILES string of the molecule is CN(CCc1cn[nH]c1)Cc1cc2n(n1)CCN(Cc1cccc(O)c1)C2. The highest BCUT2D eigenvalue weighted by atomic mass is 16.3. The zero-order valence-electron chi connectivity index (χ0n) is 15.7. The summed E-state index contributed by atoms with van der Waals surface area (Å²) < 4.78 is 2.14. The van der Waals surface area contributed by atoms with E-state index in [-0.39, 0.29) is 0 Å². The molecular weight excluding hydrogens is 340 g/mol. The van der Waals surface area contributed by atoms with Gasteiger partial charge in [-0.3, -0.25) is 14.7 Å². The quantitative estimate of drug-likeness (QED) is 0.669. The molecule has 0 saturated carbocycles. The van der Waals surface area contributed by atoms with Crippen molar-refractivity contribution in [2.45, 2.75) is 32.6 Å². The molecule has 0 atom stereocenters. The number of aromatic amines is 1. The number of aromatic hydroxyl groups is 1. The number of rotatable bonds is 7. The molecular formula is C20H26N6O. The van der Waals surface area contributed by atoms with Gasteiger partial charge in [-0.25, -0.2) is 0 Å². The molecule has 2 N–H and O–H groups in total. The van der Waals surface area contributed by atoms with E-state index in [1.807, 2.05) is 24.5 Å². The highest BCUT2D eigenvalue weighted by molar-refractivity contribution is 5.27. The summed E-state index contributed by atoms with van der Waals surface area (Å²) in [5, 5.41) is 21.3. The average molecular weight is 366 g/mol. The van der Waals surface area contributed by atoms with Crippen LogP contribution in [0, 0.1) is 0 Å². The smallest absolute Gasteiger partial charge is 0.115 e. The van der Waals surface area contributed by atoms with Gasteiger partial charge in [0.05, 0.1) is 24.1 Å². The summed E-state index contributed by atoms with van der Waals surface area (Å²) in [5.41, 5.74) is 4.76. The third-order valence-corrected chi connectivity index (χ3v) is 5.01. The van der Waals surface area contributed by atoms with Gasteiger partial charge >= 0.3 is 0 Å². The molecule has 7 nitrogen and oxygen atoms in total. The molecule has 0 bridgehead atoms. The fourth-order valence-electron chi connectivity index (χ4n) is 3.60. The van der Waals surface area contributed by atoms with Crippen LogP contribution in [-0.4, -0.2) is 55.0 Å². The summed E-state index contributed by atoms with van der Waals surface area (Å²) in [6.07, 6.45) is 4.81. The number of phenolic OH excluding ortho intramolecular Hbond substituents is 1. The average Bonchev–Trinajstić information content (AvgIpc) is 3.28. The standard InChI is InChI=1S/C20H26N6O/c1-24(6-5-17-11-21-22-12-17)14-18-10-19-15-25(7-8-26(19)23-18)13-16-3-2-4-20(27)9-16/h2-4,9-12,27H,5-8,13-15H2,1H3,(H,21,22).